The molecule has 1 aromatic rings. The second-order valence-electron chi connectivity index (χ2n) is 8.17. The lowest BCUT2D eigenvalue weighted by Gasteiger charge is -2.47. The molecule has 2 fully saturated rings. The van der Waals surface area contributed by atoms with Gasteiger partial charge >= 0.3 is 0 Å². The molecule has 3 aliphatic heterocycles. The number of aliphatic hydroxyl groups excluding tert-OH is 1. The summed E-state index contributed by atoms with van der Waals surface area (Å²) in [5.74, 6) is 1.58. The summed E-state index contributed by atoms with van der Waals surface area (Å²) >= 11 is 0. The molecular weight excluding hydrogens is 334 g/mol. The highest BCUT2D eigenvalue weighted by atomic mass is 16.7. The summed E-state index contributed by atoms with van der Waals surface area (Å²) < 4.78 is 23.2. The topological polar surface area (TPSA) is 60.4 Å². The molecule has 0 aromatic heterocycles. The Kier molecular flexibility index (Phi) is 3.94. The van der Waals surface area contributed by atoms with Crippen molar-refractivity contribution in [2.75, 3.05) is 33.2 Å². The van der Waals surface area contributed by atoms with Gasteiger partial charge in [0.1, 0.15) is 0 Å². The van der Waals surface area contributed by atoms with E-state index in [1.54, 1.807) is 0 Å². The monoisotopic (exact) mass is 361 g/mol. The maximum atomic E-state index is 9.60. The van der Waals surface area contributed by atoms with E-state index in [2.05, 4.69) is 24.0 Å². The summed E-state index contributed by atoms with van der Waals surface area (Å²) in [6, 6.07) is 4.34. The number of nitrogens with zero attached hydrogens (tertiary/aromatic N) is 1. The SMILES string of the molecule is C[C@@H](CO)CN1Cc2cc3c(cc2C12CCC1(CC2)OCCO1)OCO3. The van der Waals surface area contributed by atoms with E-state index < -0.39 is 0 Å². The summed E-state index contributed by atoms with van der Waals surface area (Å²) in [5, 5.41) is 9.60. The molecule has 2 spiro atoms. The van der Waals surface area contributed by atoms with Crippen LogP contribution in [-0.2, 0) is 21.6 Å². The lowest BCUT2D eigenvalue weighted by molar-refractivity contribution is -0.195. The number of rotatable bonds is 3. The van der Waals surface area contributed by atoms with Gasteiger partial charge in [0.05, 0.1) is 13.2 Å². The normalized spacial score (nSPS) is 26.5. The van der Waals surface area contributed by atoms with Crippen molar-refractivity contribution in [1.29, 1.82) is 0 Å². The third-order valence-electron chi connectivity index (χ3n) is 6.56. The number of ether oxygens (including phenoxy) is 4. The van der Waals surface area contributed by atoms with Crippen LogP contribution in [-0.4, -0.2) is 49.0 Å². The molecule has 1 saturated carbocycles. The highest BCUT2D eigenvalue weighted by Crippen LogP contribution is 2.54. The number of hydrogen-bond acceptors (Lipinski definition) is 6. The average Bonchev–Trinajstić information content (AvgIpc) is 3.36. The van der Waals surface area contributed by atoms with Gasteiger partial charge in [0, 0.05) is 38.1 Å². The third kappa shape index (κ3) is 2.47. The summed E-state index contributed by atoms with van der Waals surface area (Å²) in [6.07, 6.45) is 3.81. The molecule has 26 heavy (non-hydrogen) atoms. The summed E-state index contributed by atoms with van der Waals surface area (Å²) in [4.78, 5) is 2.55. The first-order valence-corrected chi connectivity index (χ1v) is 9.71. The van der Waals surface area contributed by atoms with Gasteiger partial charge in [-0.15, -0.1) is 0 Å². The zero-order valence-corrected chi connectivity index (χ0v) is 15.3. The average molecular weight is 361 g/mol. The van der Waals surface area contributed by atoms with Crippen molar-refractivity contribution in [2.45, 2.75) is 50.5 Å². The molecule has 1 atom stereocenters. The van der Waals surface area contributed by atoms with Crippen molar-refractivity contribution in [2.24, 2.45) is 5.92 Å². The standard InChI is InChI=1S/C20H27NO5/c1-14(12-22)10-21-11-15-8-17-18(24-13-23-17)9-16(15)19(21)2-4-20(5-3-19)25-6-7-26-20/h8-9,14,22H,2-7,10-13H2,1H3/t14-/m1/s1. The Balaban J connectivity index is 1.50. The molecule has 0 unspecified atom stereocenters. The van der Waals surface area contributed by atoms with Crippen molar-refractivity contribution < 1.29 is 24.1 Å². The molecule has 1 aliphatic carbocycles. The van der Waals surface area contributed by atoms with Crippen LogP contribution in [0.3, 0.4) is 0 Å². The van der Waals surface area contributed by atoms with Crippen LogP contribution in [0.15, 0.2) is 12.1 Å². The molecular formula is C20H27NO5. The van der Waals surface area contributed by atoms with E-state index in [1.807, 2.05) is 0 Å². The predicted molar refractivity (Wildman–Crippen MR) is 94.0 cm³/mol. The second-order valence-corrected chi connectivity index (χ2v) is 8.17. The zero-order valence-electron chi connectivity index (χ0n) is 15.3. The molecule has 3 heterocycles. The van der Waals surface area contributed by atoms with Gasteiger partial charge in [-0.25, -0.2) is 0 Å². The van der Waals surface area contributed by atoms with Gasteiger partial charge in [-0.05, 0) is 42.0 Å². The Hall–Kier alpha value is -1.34. The Morgan fingerprint density at radius 3 is 2.46 bits per heavy atom. The first-order valence-electron chi connectivity index (χ1n) is 9.71. The van der Waals surface area contributed by atoms with Gasteiger partial charge < -0.3 is 24.1 Å². The largest absolute Gasteiger partial charge is 0.454 e. The van der Waals surface area contributed by atoms with Gasteiger partial charge in [-0.1, -0.05) is 6.92 Å². The Bertz CT molecular complexity index is 690. The van der Waals surface area contributed by atoms with E-state index >= 15 is 0 Å². The van der Waals surface area contributed by atoms with Gasteiger partial charge in [0.25, 0.3) is 0 Å². The van der Waals surface area contributed by atoms with Crippen LogP contribution in [0.4, 0.5) is 0 Å². The first kappa shape index (κ1) is 16.8. The van der Waals surface area contributed by atoms with E-state index in [1.165, 1.54) is 11.1 Å². The molecule has 6 heteroatoms. The van der Waals surface area contributed by atoms with Crippen LogP contribution in [0.5, 0.6) is 11.5 Å². The van der Waals surface area contributed by atoms with Gasteiger partial charge in [0.15, 0.2) is 17.3 Å². The van der Waals surface area contributed by atoms with E-state index in [0.29, 0.717) is 20.0 Å². The second kappa shape index (κ2) is 6.09. The van der Waals surface area contributed by atoms with Crippen LogP contribution in [0.2, 0.25) is 0 Å². The minimum Gasteiger partial charge on any atom is -0.454 e. The fourth-order valence-corrected chi connectivity index (χ4v) is 5.16. The Morgan fingerprint density at radius 1 is 1.08 bits per heavy atom. The molecule has 6 nitrogen and oxygen atoms in total. The molecule has 0 amide bonds. The minimum atomic E-state index is -0.376. The summed E-state index contributed by atoms with van der Waals surface area (Å²) in [7, 11) is 0. The fraction of sp³-hybridized carbons (Fsp3) is 0.700. The van der Waals surface area contributed by atoms with E-state index in [4.69, 9.17) is 18.9 Å². The highest BCUT2D eigenvalue weighted by Gasteiger charge is 2.53. The van der Waals surface area contributed by atoms with Gasteiger partial charge in [-0.2, -0.15) is 0 Å². The number of hydrogen-bond donors (Lipinski definition) is 1. The number of aliphatic hydroxyl groups is 1. The van der Waals surface area contributed by atoms with Crippen LogP contribution in [0.1, 0.15) is 43.7 Å². The predicted octanol–water partition coefficient (Wildman–Crippen LogP) is 2.37. The van der Waals surface area contributed by atoms with Crippen LogP contribution in [0.25, 0.3) is 0 Å². The molecule has 5 rings (SSSR count). The third-order valence-corrected chi connectivity index (χ3v) is 6.56. The molecule has 142 valence electrons. The smallest absolute Gasteiger partial charge is 0.231 e. The van der Waals surface area contributed by atoms with Crippen LogP contribution in [0, 0.1) is 5.92 Å². The lowest BCUT2D eigenvalue weighted by Crippen LogP contribution is -2.50. The lowest BCUT2D eigenvalue weighted by atomic mass is 9.74. The number of fused-ring (bicyclic) bond motifs is 3. The Labute approximate surface area is 154 Å². The number of benzene rings is 1. The van der Waals surface area contributed by atoms with Crippen molar-refractivity contribution in [3.63, 3.8) is 0 Å². The van der Waals surface area contributed by atoms with Crippen molar-refractivity contribution in [3.05, 3.63) is 23.3 Å². The van der Waals surface area contributed by atoms with E-state index in [9.17, 15) is 5.11 Å². The molecule has 1 saturated heterocycles. The van der Waals surface area contributed by atoms with Gasteiger partial charge in [-0.3, -0.25) is 4.90 Å². The van der Waals surface area contributed by atoms with Crippen LogP contribution >= 0.6 is 0 Å². The highest BCUT2D eigenvalue weighted by molar-refractivity contribution is 5.53. The van der Waals surface area contributed by atoms with Gasteiger partial charge in [0.2, 0.25) is 6.79 Å². The van der Waals surface area contributed by atoms with Crippen LogP contribution < -0.4 is 9.47 Å². The fourth-order valence-electron chi connectivity index (χ4n) is 5.16. The molecule has 0 bridgehead atoms. The van der Waals surface area contributed by atoms with Crippen molar-refractivity contribution in [3.8, 4) is 11.5 Å². The molecule has 0 radical (unpaired) electrons. The maximum Gasteiger partial charge on any atom is 0.231 e. The van der Waals surface area contributed by atoms with E-state index in [-0.39, 0.29) is 23.9 Å². The minimum absolute atomic E-state index is 0.0275. The quantitative estimate of drug-likeness (QED) is 0.892. The van der Waals surface area contributed by atoms with E-state index in [0.717, 1.165) is 50.3 Å². The van der Waals surface area contributed by atoms with Crippen molar-refractivity contribution in [1.82, 2.24) is 4.90 Å². The maximum absolute atomic E-state index is 9.60. The first-order chi connectivity index (χ1) is 12.6. The molecule has 1 N–H and O–H groups in total. The van der Waals surface area contributed by atoms with Crippen molar-refractivity contribution >= 4 is 0 Å². The Morgan fingerprint density at radius 2 is 1.77 bits per heavy atom. The zero-order chi connectivity index (χ0) is 17.8. The summed E-state index contributed by atoms with van der Waals surface area (Å²) in [5.41, 5.74) is 2.66. The molecule has 4 aliphatic rings. The molecule has 1 aromatic carbocycles. The summed E-state index contributed by atoms with van der Waals surface area (Å²) in [6.45, 7) is 5.80.